The number of anilines is 1. The molecule has 1 aliphatic rings. The Morgan fingerprint density at radius 2 is 2.10 bits per heavy atom. The lowest BCUT2D eigenvalue weighted by Gasteiger charge is -2.12. The van der Waals surface area contributed by atoms with Crippen LogP contribution >= 0.6 is 0 Å². The minimum Gasteiger partial charge on any atom is -0.494 e. The normalized spacial score (nSPS) is 15.1. The second-order valence-electron chi connectivity index (χ2n) is 5.26. The average Bonchev–Trinajstić information content (AvgIpc) is 2.96. The molecule has 0 atom stereocenters. The summed E-state index contributed by atoms with van der Waals surface area (Å²) in [4.78, 5) is 12.1. The van der Waals surface area contributed by atoms with Crippen LogP contribution in [0.3, 0.4) is 0 Å². The fourth-order valence-electron chi connectivity index (χ4n) is 2.55. The number of nitrogens with two attached hydrogens (primary N) is 1. The van der Waals surface area contributed by atoms with Gasteiger partial charge in [0.05, 0.1) is 19.3 Å². The van der Waals surface area contributed by atoms with E-state index in [0.717, 1.165) is 12.8 Å². The summed E-state index contributed by atoms with van der Waals surface area (Å²) in [6, 6.07) is 5.06. The fraction of sp³-hybridized carbons (Fsp3) is 0.562. The van der Waals surface area contributed by atoms with Gasteiger partial charge in [-0.05, 0) is 31.9 Å². The first-order valence-electron chi connectivity index (χ1n) is 7.62. The van der Waals surface area contributed by atoms with Crippen LogP contribution in [0.2, 0.25) is 0 Å². The Morgan fingerprint density at radius 3 is 2.81 bits per heavy atom. The summed E-state index contributed by atoms with van der Waals surface area (Å²) >= 11 is 0. The lowest BCUT2D eigenvalue weighted by Crippen LogP contribution is -2.28. The highest BCUT2D eigenvalue weighted by molar-refractivity contribution is 5.95. The third kappa shape index (κ3) is 4.93. The topological polar surface area (TPSA) is 73.6 Å². The molecule has 116 valence electrons. The summed E-state index contributed by atoms with van der Waals surface area (Å²) in [5.41, 5.74) is 6.82. The number of amides is 1. The second-order valence-corrected chi connectivity index (χ2v) is 5.26. The predicted octanol–water partition coefficient (Wildman–Crippen LogP) is 2.36. The molecular formula is C16H24N2O3. The van der Waals surface area contributed by atoms with Gasteiger partial charge in [-0.3, -0.25) is 4.79 Å². The maximum atomic E-state index is 12.1. The molecule has 0 saturated heterocycles. The standard InChI is InChI=1S/C16H24N2O3/c1-2-20-15-10-12(9-13(17)11-15)16(19)18-7-8-21-14-5-3-4-6-14/h9-11,14H,2-8,17H2,1H3,(H,18,19). The number of ether oxygens (including phenoxy) is 2. The molecule has 0 spiro atoms. The van der Waals surface area contributed by atoms with Crippen LogP contribution in [0.5, 0.6) is 5.75 Å². The molecule has 1 aromatic carbocycles. The van der Waals surface area contributed by atoms with Crippen molar-refractivity contribution in [3.63, 3.8) is 0 Å². The van der Waals surface area contributed by atoms with Crippen molar-refractivity contribution in [1.29, 1.82) is 0 Å². The maximum absolute atomic E-state index is 12.1. The third-order valence-electron chi connectivity index (χ3n) is 3.55. The lowest BCUT2D eigenvalue weighted by molar-refractivity contribution is 0.0582. The smallest absolute Gasteiger partial charge is 0.251 e. The molecule has 0 aliphatic heterocycles. The van der Waals surface area contributed by atoms with E-state index in [4.69, 9.17) is 15.2 Å². The lowest BCUT2D eigenvalue weighted by atomic mass is 10.1. The minimum absolute atomic E-state index is 0.154. The van der Waals surface area contributed by atoms with E-state index < -0.39 is 0 Å². The van der Waals surface area contributed by atoms with Crippen molar-refractivity contribution in [3.05, 3.63) is 23.8 Å². The summed E-state index contributed by atoms with van der Waals surface area (Å²) in [5.74, 6) is 0.461. The van der Waals surface area contributed by atoms with E-state index in [9.17, 15) is 4.79 Å². The van der Waals surface area contributed by atoms with Gasteiger partial charge in [-0.25, -0.2) is 0 Å². The molecule has 1 amide bonds. The van der Waals surface area contributed by atoms with E-state index in [1.165, 1.54) is 12.8 Å². The van der Waals surface area contributed by atoms with Crippen molar-refractivity contribution in [2.24, 2.45) is 0 Å². The SMILES string of the molecule is CCOc1cc(N)cc(C(=O)NCCOC2CCCC2)c1. The average molecular weight is 292 g/mol. The van der Waals surface area contributed by atoms with Crippen molar-refractivity contribution >= 4 is 11.6 Å². The summed E-state index contributed by atoms with van der Waals surface area (Å²) in [6.07, 6.45) is 5.15. The first-order chi connectivity index (χ1) is 10.2. The van der Waals surface area contributed by atoms with Gasteiger partial charge in [0.1, 0.15) is 5.75 Å². The Labute approximate surface area is 125 Å². The van der Waals surface area contributed by atoms with Crippen molar-refractivity contribution < 1.29 is 14.3 Å². The Kier molecular flexibility index (Phi) is 5.87. The predicted molar refractivity (Wildman–Crippen MR) is 82.6 cm³/mol. The van der Waals surface area contributed by atoms with Gasteiger partial charge in [0.2, 0.25) is 0 Å². The van der Waals surface area contributed by atoms with E-state index in [1.807, 2.05) is 6.92 Å². The zero-order valence-corrected chi connectivity index (χ0v) is 12.6. The highest BCUT2D eigenvalue weighted by Gasteiger charge is 2.15. The van der Waals surface area contributed by atoms with E-state index in [-0.39, 0.29) is 5.91 Å². The van der Waals surface area contributed by atoms with Gasteiger partial charge in [0.15, 0.2) is 0 Å². The monoisotopic (exact) mass is 292 g/mol. The van der Waals surface area contributed by atoms with E-state index in [1.54, 1.807) is 18.2 Å². The summed E-state index contributed by atoms with van der Waals surface area (Å²) in [7, 11) is 0. The van der Waals surface area contributed by atoms with Crippen LogP contribution in [-0.4, -0.2) is 31.8 Å². The number of carbonyl (C=O) groups excluding carboxylic acids is 1. The first kappa shape index (κ1) is 15.6. The largest absolute Gasteiger partial charge is 0.494 e. The Hall–Kier alpha value is -1.75. The number of rotatable bonds is 7. The zero-order valence-electron chi connectivity index (χ0n) is 12.6. The van der Waals surface area contributed by atoms with Gasteiger partial charge in [0, 0.05) is 23.9 Å². The molecule has 1 saturated carbocycles. The van der Waals surface area contributed by atoms with Crippen molar-refractivity contribution in [2.45, 2.75) is 38.7 Å². The molecule has 21 heavy (non-hydrogen) atoms. The van der Waals surface area contributed by atoms with Crippen LogP contribution in [0, 0.1) is 0 Å². The van der Waals surface area contributed by atoms with Crippen LogP contribution in [0.1, 0.15) is 43.0 Å². The molecule has 5 heteroatoms. The first-order valence-corrected chi connectivity index (χ1v) is 7.62. The van der Waals surface area contributed by atoms with E-state index >= 15 is 0 Å². The molecule has 0 radical (unpaired) electrons. The summed E-state index contributed by atoms with van der Waals surface area (Å²) < 4.78 is 11.1. The number of benzene rings is 1. The fourth-order valence-corrected chi connectivity index (χ4v) is 2.55. The molecule has 0 aromatic heterocycles. The second kappa shape index (κ2) is 7.88. The minimum atomic E-state index is -0.154. The molecule has 0 unspecified atom stereocenters. The van der Waals surface area contributed by atoms with Gasteiger partial charge in [-0.2, -0.15) is 0 Å². The highest BCUT2D eigenvalue weighted by atomic mass is 16.5. The molecule has 2 rings (SSSR count). The Morgan fingerprint density at radius 1 is 1.33 bits per heavy atom. The molecule has 0 bridgehead atoms. The number of carbonyl (C=O) groups is 1. The van der Waals surface area contributed by atoms with Crippen molar-refractivity contribution in [2.75, 3.05) is 25.5 Å². The van der Waals surface area contributed by atoms with E-state index in [2.05, 4.69) is 5.32 Å². The van der Waals surface area contributed by atoms with Crippen LogP contribution in [0.4, 0.5) is 5.69 Å². The Bertz CT molecular complexity index is 471. The zero-order chi connectivity index (χ0) is 15.1. The number of nitrogens with one attached hydrogen (secondary N) is 1. The Balaban J connectivity index is 1.79. The van der Waals surface area contributed by atoms with Gasteiger partial charge in [0.25, 0.3) is 5.91 Å². The number of hydrogen-bond donors (Lipinski definition) is 2. The molecule has 1 fully saturated rings. The van der Waals surface area contributed by atoms with Crippen molar-refractivity contribution in [1.82, 2.24) is 5.32 Å². The van der Waals surface area contributed by atoms with Crippen LogP contribution in [0.25, 0.3) is 0 Å². The van der Waals surface area contributed by atoms with Gasteiger partial charge < -0.3 is 20.5 Å². The molecule has 5 nitrogen and oxygen atoms in total. The van der Waals surface area contributed by atoms with Crippen LogP contribution in [0.15, 0.2) is 18.2 Å². The number of nitrogen functional groups attached to an aromatic ring is 1. The van der Waals surface area contributed by atoms with Gasteiger partial charge in [-0.15, -0.1) is 0 Å². The van der Waals surface area contributed by atoms with Gasteiger partial charge in [-0.1, -0.05) is 12.8 Å². The molecule has 3 N–H and O–H groups in total. The maximum Gasteiger partial charge on any atom is 0.251 e. The van der Waals surface area contributed by atoms with Gasteiger partial charge >= 0.3 is 0 Å². The molecule has 0 heterocycles. The quantitative estimate of drug-likeness (QED) is 0.597. The van der Waals surface area contributed by atoms with Crippen molar-refractivity contribution in [3.8, 4) is 5.75 Å². The third-order valence-corrected chi connectivity index (χ3v) is 3.55. The van der Waals surface area contributed by atoms with E-state index in [0.29, 0.717) is 42.9 Å². The van der Waals surface area contributed by atoms with Crippen LogP contribution in [-0.2, 0) is 4.74 Å². The number of hydrogen-bond acceptors (Lipinski definition) is 4. The summed E-state index contributed by atoms with van der Waals surface area (Å²) in [5, 5.41) is 2.84. The molecular weight excluding hydrogens is 268 g/mol. The highest BCUT2D eigenvalue weighted by Crippen LogP contribution is 2.21. The van der Waals surface area contributed by atoms with Crippen LogP contribution < -0.4 is 15.8 Å². The molecule has 1 aromatic rings. The molecule has 1 aliphatic carbocycles. The summed E-state index contributed by atoms with van der Waals surface area (Å²) in [6.45, 7) is 3.49.